The van der Waals surface area contributed by atoms with Crippen molar-refractivity contribution in [3.8, 4) is 10.4 Å². The number of benzene rings is 1. The van der Waals surface area contributed by atoms with E-state index in [-0.39, 0.29) is 0 Å². The van der Waals surface area contributed by atoms with Gasteiger partial charge in [0.25, 0.3) is 0 Å². The van der Waals surface area contributed by atoms with Gasteiger partial charge in [0.05, 0.1) is 17.8 Å². The SMILES string of the molecule is COC(=O)N(N)c1cc(-c2ccc(C)s2)ccc1Cl. The van der Waals surface area contributed by atoms with E-state index in [0.29, 0.717) is 10.7 Å². The lowest BCUT2D eigenvalue weighted by molar-refractivity contribution is 0.178. The molecule has 1 aromatic carbocycles. The minimum absolute atomic E-state index is 0.393. The molecule has 100 valence electrons. The molecule has 0 unspecified atom stereocenters. The molecule has 2 rings (SSSR count). The van der Waals surface area contributed by atoms with Gasteiger partial charge in [-0.3, -0.25) is 0 Å². The van der Waals surface area contributed by atoms with E-state index >= 15 is 0 Å². The summed E-state index contributed by atoms with van der Waals surface area (Å²) in [5.41, 5.74) is 1.37. The third-order valence-corrected chi connectivity index (χ3v) is 3.97. The molecular weight excluding hydrogens is 284 g/mol. The van der Waals surface area contributed by atoms with Crippen molar-refractivity contribution in [1.82, 2.24) is 0 Å². The Morgan fingerprint density at radius 1 is 1.37 bits per heavy atom. The van der Waals surface area contributed by atoms with Crippen LogP contribution < -0.4 is 10.9 Å². The first-order valence-electron chi connectivity index (χ1n) is 5.52. The van der Waals surface area contributed by atoms with Crippen LogP contribution in [0.3, 0.4) is 0 Å². The molecule has 1 aromatic heterocycles. The van der Waals surface area contributed by atoms with Crippen molar-refractivity contribution in [2.75, 3.05) is 12.1 Å². The molecule has 0 saturated carbocycles. The number of hydrazine groups is 1. The highest BCUT2D eigenvalue weighted by atomic mass is 35.5. The van der Waals surface area contributed by atoms with Gasteiger partial charge < -0.3 is 4.74 Å². The summed E-state index contributed by atoms with van der Waals surface area (Å²) in [4.78, 5) is 13.7. The van der Waals surface area contributed by atoms with Gasteiger partial charge in [0.2, 0.25) is 0 Å². The van der Waals surface area contributed by atoms with Crippen LogP contribution in [-0.4, -0.2) is 13.2 Å². The van der Waals surface area contributed by atoms with Crippen LogP contribution in [0.15, 0.2) is 30.3 Å². The van der Waals surface area contributed by atoms with Crippen LogP contribution in [-0.2, 0) is 4.74 Å². The zero-order chi connectivity index (χ0) is 14.0. The van der Waals surface area contributed by atoms with Crippen LogP contribution in [0.1, 0.15) is 4.88 Å². The molecule has 0 atom stereocenters. The molecule has 4 nitrogen and oxygen atoms in total. The number of carbonyl (C=O) groups excluding carboxylic acids is 1. The van der Waals surface area contributed by atoms with Crippen LogP contribution in [0.4, 0.5) is 10.5 Å². The first-order valence-corrected chi connectivity index (χ1v) is 6.71. The highest BCUT2D eigenvalue weighted by molar-refractivity contribution is 7.15. The van der Waals surface area contributed by atoms with Crippen LogP contribution in [0.5, 0.6) is 0 Å². The molecule has 2 N–H and O–H groups in total. The number of hydrogen-bond acceptors (Lipinski definition) is 4. The highest BCUT2D eigenvalue weighted by Crippen LogP contribution is 2.33. The third kappa shape index (κ3) is 2.89. The first-order chi connectivity index (χ1) is 9.02. The van der Waals surface area contributed by atoms with Gasteiger partial charge in [-0.05, 0) is 36.8 Å². The van der Waals surface area contributed by atoms with E-state index in [1.54, 1.807) is 23.5 Å². The summed E-state index contributed by atoms with van der Waals surface area (Å²) >= 11 is 7.72. The van der Waals surface area contributed by atoms with E-state index in [1.165, 1.54) is 12.0 Å². The zero-order valence-electron chi connectivity index (χ0n) is 10.5. The summed E-state index contributed by atoms with van der Waals surface area (Å²) in [5, 5.41) is 1.29. The van der Waals surface area contributed by atoms with Gasteiger partial charge in [-0.2, -0.15) is 0 Å². The van der Waals surface area contributed by atoms with Gasteiger partial charge in [-0.25, -0.2) is 15.6 Å². The van der Waals surface area contributed by atoms with Crippen molar-refractivity contribution in [3.63, 3.8) is 0 Å². The number of anilines is 1. The van der Waals surface area contributed by atoms with Crippen molar-refractivity contribution < 1.29 is 9.53 Å². The topological polar surface area (TPSA) is 55.6 Å². The Bertz CT molecular complexity index is 612. The van der Waals surface area contributed by atoms with Crippen LogP contribution in [0.2, 0.25) is 5.02 Å². The Morgan fingerprint density at radius 2 is 2.11 bits per heavy atom. The fourth-order valence-corrected chi connectivity index (χ4v) is 2.71. The minimum Gasteiger partial charge on any atom is -0.452 e. The number of halogens is 1. The van der Waals surface area contributed by atoms with Crippen LogP contribution >= 0.6 is 22.9 Å². The lowest BCUT2D eigenvalue weighted by Gasteiger charge is -2.17. The normalized spacial score (nSPS) is 10.3. The third-order valence-electron chi connectivity index (χ3n) is 2.60. The maximum atomic E-state index is 11.4. The van der Waals surface area contributed by atoms with Gasteiger partial charge in [0.15, 0.2) is 0 Å². The highest BCUT2D eigenvalue weighted by Gasteiger charge is 2.16. The molecule has 0 saturated heterocycles. The molecule has 1 amide bonds. The number of thiophene rings is 1. The fourth-order valence-electron chi connectivity index (χ4n) is 1.64. The molecular formula is C13H13ClN2O2S. The number of carbonyl (C=O) groups is 1. The second kappa shape index (κ2) is 5.61. The monoisotopic (exact) mass is 296 g/mol. The largest absolute Gasteiger partial charge is 0.452 e. The average Bonchev–Trinajstić information content (AvgIpc) is 2.84. The Balaban J connectivity index is 2.42. The van der Waals surface area contributed by atoms with Crippen molar-refractivity contribution in [2.24, 2.45) is 5.84 Å². The molecule has 1 heterocycles. The van der Waals surface area contributed by atoms with Crippen LogP contribution in [0, 0.1) is 6.92 Å². The number of nitrogens with zero attached hydrogens (tertiary/aromatic N) is 1. The Labute approximate surface area is 120 Å². The van der Waals surface area contributed by atoms with Gasteiger partial charge in [-0.1, -0.05) is 17.7 Å². The van der Waals surface area contributed by atoms with E-state index in [1.807, 2.05) is 25.1 Å². The molecule has 19 heavy (non-hydrogen) atoms. The molecule has 0 bridgehead atoms. The molecule has 2 aromatic rings. The lowest BCUT2D eigenvalue weighted by atomic mass is 10.1. The Hall–Kier alpha value is -1.56. The van der Waals surface area contributed by atoms with Crippen molar-refractivity contribution in [2.45, 2.75) is 6.92 Å². The van der Waals surface area contributed by atoms with Gasteiger partial charge in [0.1, 0.15) is 0 Å². The smallest absolute Gasteiger partial charge is 0.428 e. The maximum absolute atomic E-state index is 11.4. The summed E-state index contributed by atoms with van der Waals surface area (Å²) in [6, 6.07) is 9.43. The Morgan fingerprint density at radius 3 is 2.68 bits per heavy atom. The van der Waals surface area contributed by atoms with E-state index < -0.39 is 6.09 Å². The molecule has 0 aliphatic heterocycles. The van der Waals surface area contributed by atoms with Crippen molar-refractivity contribution in [1.29, 1.82) is 0 Å². The summed E-state index contributed by atoms with van der Waals surface area (Å²) in [7, 11) is 1.27. The summed E-state index contributed by atoms with van der Waals surface area (Å²) < 4.78 is 4.58. The fraction of sp³-hybridized carbons (Fsp3) is 0.154. The van der Waals surface area contributed by atoms with Crippen molar-refractivity contribution in [3.05, 3.63) is 40.2 Å². The molecule has 0 fully saturated rings. The molecule has 6 heteroatoms. The molecule has 0 radical (unpaired) electrons. The predicted molar refractivity (Wildman–Crippen MR) is 78.6 cm³/mol. The predicted octanol–water partition coefficient (Wildman–Crippen LogP) is 3.82. The first kappa shape index (κ1) is 13.9. The lowest BCUT2D eigenvalue weighted by Crippen LogP contribution is -2.37. The number of ether oxygens (including phenoxy) is 1. The summed E-state index contributed by atoms with van der Waals surface area (Å²) in [6.07, 6.45) is -0.665. The van der Waals surface area contributed by atoms with Gasteiger partial charge in [-0.15, -0.1) is 11.3 Å². The average molecular weight is 297 g/mol. The van der Waals surface area contributed by atoms with Gasteiger partial charge >= 0.3 is 6.09 Å². The second-order valence-corrected chi connectivity index (χ2v) is 5.61. The van der Waals surface area contributed by atoms with Gasteiger partial charge in [0, 0.05) is 9.75 Å². The number of aryl methyl sites for hydroxylation is 1. The summed E-state index contributed by atoms with van der Waals surface area (Å²) in [5.74, 6) is 5.68. The van der Waals surface area contributed by atoms with E-state index in [9.17, 15) is 4.79 Å². The van der Waals surface area contributed by atoms with E-state index in [2.05, 4.69) is 4.74 Å². The van der Waals surface area contributed by atoms with Crippen molar-refractivity contribution >= 4 is 34.7 Å². The number of rotatable bonds is 2. The summed E-state index contributed by atoms with van der Waals surface area (Å²) in [6.45, 7) is 2.04. The zero-order valence-corrected chi connectivity index (χ0v) is 12.1. The minimum atomic E-state index is -0.665. The maximum Gasteiger partial charge on any atom is 0.428 e. The Kier molecular flexibility index (Phi) is 4.09. The molecule has 0 aliphatic rings. The number of nitrogens with two attached hydrogens (primary N) is 1. The van der Waals surface area contributed by atoms with E-state index in [4.69, 9.17) is 17.4 Å². The molecule has 0 aliphatic carbocycles. The van der Waals surface area contributed by atoms with Crippen LogP contribution in [0.25, 0.3) is 10.4 Å². The number of amides is 1. The van der Waals surface area contributed by atoms with E-state index in [0.717, 1.165) is 15.4 Å². The quantitative estimate of drug-likeness (QED) is 0.520. The second-order valence-electron chi connectivity index (χ2n) is 3.92. The number of methoxy groups -OCH3 is 1. The standard InChI is InChI=1S/C13H13ClN2O2S/c1-8-3-6-12(19-8)9-4-5-10(14)11(7-9)16(15)13(17)18-2/h3-7H,15H2,1-2H3. The number of hydrogen-bond donors (Lipinski definition) is 1. The molecule has 0 spiro atoms.